The SMILES string of the molecule is COc1ccc(-c2cc[n+](CC(=O)c3ccc(Cl)cc3)cn2)c(OC)c1. The fraction of sp³-hybridized carbons (Fsp3) is 0.150. The van der Waals surface area contributed by atoms with Crippen LogP contribution in [0.4, 0.5) is 0 Å². The van der Waals surface area contributed by atoms with Crippen LogP contribution in [0.5, 0.6) is 11.5 Å². The lowest BCUT2D eigenvalue weighted by molar-refractivity contribution is -0.686. The van der Waals surface area contributed by atoms with Crippen LogP contribution in [0.1, 0.15) is 10.4 Å². The molecule has 132 valence electrons. The Morgan fingerprint density at radius 1 is 1.08 bits per heavy atom. The van der Waals surface area contributed by atoms with Crippen molar-refractivity contribution in [1.82, 2.24) is 4.98 Å². The van der Waals surface area contributed by atoms with Crippen molar-refractivity contribution in [1.29, 1.82) is 0 Å². The zero-order valence-corrected chi connectivity index (χ0v) is 15.2. The molecule has 0 bridgehead atoms. The minimum absolute atomic E-state index is 0.0109. The van der Waals surface area contributed by atoms with Gasteiger partial charge in [0.1, 0.15) is 11.5 Å². The second kappa shape index (κ2) is 7.97. The molecule has 1 heterocycles. The van der Waals surface area contributed by atoms with E-state index in [-0.39, 0.29) is 12.3 Å². The van der Waals surface area contributed by atoms with Crippen molar-refractivity contribution in [3.05, 3.63) is 71.6 Å². The molecular weight excluding hydrogens is 352 g/mol. The molecule has 1 aromatic heterocycles. The molecule has 0 fully saturated rings. The smallest absolute Gasteiger partial charge is 0.287 e. The fourth-order valence-electron chi connectivity index (χ4n) is 2.54. The first-order chi connectivity index (χ1) is 12.6. The average molecular weight is 370 g/mol. The molecule has 0 aliphatic heterocycles. The van der Waals surface area contributed by atoms with E-state index in [1.54, 1.807) is 49.4 Å². The van der Waals surface area contributed by atoms with Crippen LogP contribution in [-0.2, 0) is 6.54 Å². The molecule has 0 N–H and O–H groups in total. The quantitative estimate of drug-likeness (QED) is 0.492. The van der Waals surface area contributed by atoms with E-state index in [2.05, 4.69) is 4.98 Å². The maximum atomic E-state index is 12.3. The van der Waals surface area contributed by atoms with E-state index < -0.39 is 0 Å². The third-order valence-electron chi connectivity index (χ3n) is 3.95. The molecule has 0 unspecified atom stereocenters. The Balaban J connectivity index is 1.78. The summed E-state index contributed by atoms with van der Waals surface area (Å²) in [5.74, 6) is 1.38. The topological polar surface area (TPSA) is 52.3 Å². The summed E-state index contributed by atoms with van der Waals surface area (Å²) in [6.45, 7) is 0.203. The minimum Gasteiger partial charge on any atom is -0.497 e. The van der Waals surface area contributed by atoms with Gasteiger partial charge in [-0.05, 0) is 41.4 Å². The molecule has 0 atom stereocenters. The maximum absolute atomic E-state index is 12.3. The second-order valence-corrected chi connectivity index (χ2v) is 6.05. The summed E-state index contributed by atoms with van der Waals surface area (Å²) in [5, 5.41) is 0.605. The summed E-state index contributed by atoms with van der Waals surface area (Å²) in [5.41, 5.74) is 2.21. The van der Waals surface area contributed by atoms with Gasteiger partial charge >= 0.3 is 0 Å². The normalized spacial score (nSPS) is 10.4. The third-order valence-corrected chi connectivity index (χ3v) is 4.20. The predicted molar refractivity (Wildman–Crippen MR) is 98.8 cm³/mol. The molecule has 0 saturated heterocycles. The first kappa shape index (κ1) is 17.9. The highest BCUT2D eigenvalue weighted by atomic mass is 35.5. The molecule has 0 aliphatic rings. The van der Waals surface area contributed by atoms with Gasteiger partial charge in [-0.2, -0.15) is 0 Å². The summed E-state index contributed by atoms with van der Waals surface area (Å²) in [4.78, 5) is 16.8. The molecule has 3 rings (SSSR count). The van der Waals surface area contributed by atoms with E-state index in [1.165, 1.54) is 0 Å². The number of nitrogens with zero attached hydrogens (tertiary/aromatic N) is 2. The molecule has 2 aromatic carbocycles. The van der Waals surface area contributed by atoms with E-state index in [0.29, 0.717) is 22.1 Å². The summed E-state index contributed by atoms with van der Waals surface area (Å²) >= 11 is 5.85. The van der Waals surface area contributed by atoms with E-state index >= 15 is 0 Å². The highest BCUT2D eigenvalue weighted by Gasteiger charge is 2.15. The van der Waals surface area contributed by atoms with E-state index in [4.69, 9.17) is 21.1 Å². The standard InChI is InChI=1S/C20H18ClN2O3/c1-25-16-7-8-17(20(11-16)26-2)18-9-10-23(13-22-18)12-19(24)14-3-5-15(21)6-4-14/h3-11,13H,12H2,1-2H3/q+1. The number of hydrogen-bond acceptors (Lipinski definition) is 4. The average Bonchev–Trinajstić information content (AvgIpc) is 2.68. The summed E-state index contributed by atoms with van der Waals surface area (Å²) in [7, 11) is 3.21. The van der Waals surface area contributed by atoms with Gasteiger partial charge in [0.25, 0.3) is 6.33 Å². The van der Waals surface area contributed by atoms with Crippen LogP contribution in [0.3, 0.4) is 0 Å². The van der Waals surface area contributed by atoms with Crippen LogP contribution in [0.15, 0.2) is 61.1 Å². The zero-order chi connectivity index (χ0) is 18.5. The zero-order valence-electron chi connectivity index (χ0n) is 14.5. The molecule has 0 saturated carbocycles. The van der Waals surface area contributed by atoms with Crippen LogP contribution in [0, 0.1) is 0 Å². The van der Waals surface area contributed by atoms with Gasteiger partial charge in [-0.3, -0.25) is 4.79 Å². The number of ether oxygens (including phenoxy) is 2. The number of hydrogen-bond donors (Lipinski definition) is 0. The van der Waals surface area contributed by atoms with Gasteiger partial charge in [0.15, 0.2) is 12.2 Å². The van der Waals surface area contributed by atoms with E-state index in [0.717, 1.165) is 11.3 Å². The lowest BCUT2D eigenvalue weighted by Crippen LogP contribution is -2.37. The molecule has 26 heavy (non-hydrogen) atoms. The van der Waals surface area contributed by atoms with Crippen LogP contribution >= 0.6 is 11.6 Å². The Morgan fingerprint density at radius 2 is 1.85 bits per heavy atom. The third kappa shape index (κ3) is 4.00. The number of Topliss-reactive ketones (excluding diaryl/α,β-unsaturated/α-hetero) is 1. The van der Waals surface area contributed by atoms with Crippen molar-refractivity contribution in [2.24, 2.45) is 0 Å². The van der Waals surface area contributed by atoms with Crippen molar-refractivity contribution in [3.63, 3.8) is 0 Å². The molecule has 6 heteroatoms. The van der Waals surface area contributed by atoms with Gasteiger partial charge in [-0.25, -0.2) is 4.57 Å². The number of carbonyl (C=O) groups excluding carboxylic acids is 1. The van der Waals surface area contributed by atoms with Crippen LogP contribution in [0.2, 0.25) is 5.02 Å². The van der Waals surface area contributed by atoms with Crippen molar-refractivity contribution in [3.8, 4) is 22.8 Å². The highest BCUT2D eigenvalue weighted by molar-refractivity contribution is 6.30. The monoisotopic (exact) mass is 369 g/mol. The number of ketones is 1. The van der Waals surface area contributed by atoms with Crippen molar-refractivity contribution >= 4 is 17.4 Å². The summed E-state index contributed by atoms with van der Waals surface area (Å²) < 4.78 is 12.4. The minimum atomic E-state index is -0.0109. The predicted octanol–water partition coefficient (Wildman–Crippen LogP) is 3.59. The van der Waals surface area contributed by atoms with Crippen molar-refractivity contribution in [2.75, 3.05) is 14.2 Å². The first-order valence-corrected chi connectivity index (χ1v) is 8.35. The Hall–Kier alpha value is -2.92. The maximum Gasteiger partial charge on any atom is 0.287 e. The molecule has 0 spiro atoms. The Bertz CT molecular complexity index is 909. The molecular formula is C20H18ClN2O3+. The number of methoxy groups -OCH3 is 2. The Labute approximate surface area is 156 Å². The van der Waals surface area contributed by atoms with Crippen molar-refractivity contribution < 1.29 is 18.8 Å². The van der Waals surface area contributed by atoms with E-state index in [1.807, 2.05) is 30.5 Å². The Morgan fingerprint density at radius 3 is 2.46 bits per heavy atom. The van der Waals surface area contributed by atoms with E-state index in [9.17, 15) is 4.79 Å². The first-order valence-electron chi connectivity index (χ1n) is 7.97. The number of benzene rings is 2. The van der Waals surface area contributed by atoms with Gasteiger partial charge in [-0.15, -0.1) is 0 Å². The second-order valence-electron chi connectivity index (χ2n) is 5.61. The highest BCUT2D eigenvalue weighted by Crippen LogP contribution is 2.31. The van der Waals surface area contributed by atoms with Gasteiger partial charge in [0.05, 0.1) is 26.0 Å². The van der Waals surface area contributed by atoms with Gasteiger partial charge in [-0.1, -0.05) is 11.6 Å². The largest absolute Gasteiger partial charge is 0.497 e. The number of halogens is 1. The van der Waals surface area contributed by atoms with Crippen LogP contribution in [0.25, 0.3) is 11.3 Å². The van der Waals surface area contributed by atoms with Crippen LogP contribution in [-0.4, -0.2) is 25.0 Å². The fourth-order valence-corrected chi connectivity index (χ4v) is 2.67. The van der Waals surface area contributed by atoms with Gasteiger partial charge in [0, 0.05) is 22.7 Å². The molecule has 0 aliphatic carbocycles. The molecule has 5 nitrogen and oxygen atoms in total. The number of carbonyl (C=O) groups is 1. The lowest BCUT2D eigenvalue weighted by Gasteiger charge is -2.08. The number of rotatable bonds is 6. The summed E-state index contributed by atoms with van der Waals surface area (Å²) in [6, 6.07) is 14.2. The number of aromatic nitrogens is 2. The lowest BCUT2D eigenvalue weighted by atomic mass is 10.1. The van der Waals surface area contributed by atoms with Crippen molar-refractivity contribution in [2.45, 2.75) is 6.54 Å². The van der Waals surface area contributed by atoms with Crippen LogP contribution < -0.4 is 14.0 Å². The molecule has 0 radical (unpaired) electrons. The Kier molecular flexibility index (Phi) is 5.49. The van der Waals surface area contributed by atoms with Gasteiger partial charge in [0.2, 0.25) is 5.78 Å². The molecule has 0 amide bonds. The van der Waals surface area contributed by atoms with Gasteiger partial charge < -0.3 is 9.47 Å². The summed E-state index contributed by atoms with van der Waals surface area (Å²) in [6.07, 6.45) is 3.45. The molecule has 3 aromatic rings.